The Morgan fingerprint density at radius 3 is 2.19 bits per heavy atom. The molecule has 0 aromatic heterocycles. The molecule has 0 heterocycles. The van der Waals surface area contributed by atoms with E-state index in [1.165, 1.54) is 0 Å². The Labute approximate surface area is 131 Å². The van der Waals surface area contributed by atoms with Crippen molar-refractivity contribution in [2.24, 2.45) is 5.41 Å². The van der Waals surface area contributed by atoms with Crippen LogP contribution in [-0.4, -0.2) is 19.5 Å². The first kappa shape index (κ1) is 17.4. The molecule has 0 aliphatic heterocycles. The highest BCUT2D eigenvalue weighted by Gasteiger charge is 2.35. The standard InChI is InChI=1S/C10H16Br4O2/c1-4-16-8(15)6-9(2,3)7(11)5-10(12,13)14/h7H,4-6H2,1-3H3. The summed E-state index contributed by atoms with van der Waals surface area (Å²) in [4.78, 5) is 11.6. The Morgan fingerprint density at radius 2 is 1.81 bits per heavy atom. The smallest absolute Gasteiger partial charge is 0.306 e. The van der Waals surface area contributed by atoms with E-state index in [0.717, 1.165) is 6.42 Å². The van der Waals surface area contributed by atoms with Crippen molar-refractivity contribution >= 4 is 69.7 Å². The molecule has 2 nitrogen and oxygen atoms in total. The number of carbonyl (C=O) groups is 1. The van der Waals surface area contributed by atoms with Crippen LogP contribution >= 0.6 is 63.7 Å². The number of hydrogen-bond acceptors (Lipinski definition) is 2. The lowest BCUT2D eigenvalue weighted by molar-refractivity contribution is -0.145. The Morgan fingerprint density at radius 1 is 1.31 bits per heavy atom. The van der Waals surface area contributed by atoms with Gasteiger partial charge in [-0.05, 0) is 18.8 Å². The maximum atomic E-state index is 11.5. The lowest BCUT2D eigenvalue weighted by Gasteiger charge is -2.31. The van der Waals surface area contributed by atoms with Gasteiger partial charge in [-0.15, -0.1) is 0 Å². The molecule has 1 atom stereocenters. The van der Waals surface area contributed by atoms with Crippen molar-refractivity contribution in [1.82, 2.24) is 0 Å². The highest BCUT2D eigenvalue weighted by atomic mass is 80.0. The quantitative estimate of drug-likeness (QED) is 0.405. The van der Waals surface area contributed by atoms with Crippen LogP contribution in [0.4, 0.5) is 0 Å². The molecule has 6 heteroatoms. The van der Waals surface area contributed by atoms with Crippen LogP contribution in [0, 0.1) is 5.41 Å². The minimum Gasteiger partial charge on any atom is -0.466 e. The number of hydrogen-bond donors (Lipinski definition) is 0. The van der Waals surface area contributed by atoms with Crippen LogP contribution in [-0.2, 0) is 9.53 Å². The molecule has 0 spiro atoms. The summed E-state index contributed by atoms with van der Waals surface area (Å²) in [5.74, 6) is -0.152. The predicted molar refractivity (Wildman–Crippen MR) is 81.9 cm³/mol. The number of ether oxygens (including phenoxy) is 1. The molecule has 0 fully saturated rings. The third-order valence-corrected chi connectivity index (χ3v) is 4.70. The zero-order valence-corrected chi connectivity index (χ0v) is 15.9. The Kier molecular flexibility index (Phi) is 7.71. The summed E-state index contributed by atoms with van der Waals surface area (Å²) in [7, 11) is 0. The minimum absolute atomic E-state index is 0.152. The van der Waals surface area contributed by atoms with Crippen LogP contribution in [0.15, 0.2) is 0 Å². The van der Waals surface area contributed by atoms with Gasteiger partial charge in [0.25, 0.3) is 0 Å². The van der Waals surface area contributed by atoms with Crippen molar-refractivity contribution in [3.63, 3.8) is 0 Å². The van der Waals surface area contributed by atoms with E-state index in [1.807, 2.05) is 20.8 Å². The molecular weight excluding hydrogens is 472 g/mol. The van der Waals surface area contributed by atoms with E-state index in [4.69, 9.17) is 4.74 Å². The molecule has 0 saturated heterocycles. The molecular formula is C10H16Br4O2. The predicted octanol–water partition coefficient (Wildman–Crippen LogP) is 4.96. The van der Waals surface area contributed by atoms with Crippen LogP contribution in [0.3, 0.4) is 0 Å². The van der Waals surface area contributed by atoms with Crippen LogP contribution in [0.5, 0.6) is 0 Å². The Hall–Kier alpha value is 1.39. The molecule has 96 valence electrons. The second-order valence-corrected chi connectivity index (χ2v) is 12.6. The summed E-state index contributed by atoms with van der Waals surface area (Å²) in [6, 6.07) is 0. The Balaban J connectivity index is 4.36. The molecule has 0 saturated carbocycles. The zero-order valence-electron chi connectivity index (χ0n) is 9.53. The first-order valence-electron chi connectivity index (χ1n) is 4.95. The minimum atomic E-state index is -0.299. The molecule has 0 aromatic rings. The lowest BCUT2D eigenvalue weighted by Crippen LogP contribution is -2.30. The number of esters is 1. The summed E-state index contributed by atoms with van der Waals surface area (Å²) >= 11 is 14.0. The first-order chi connectivity index (χ1) is 7.08. The van der Waals surface area contributed by atoms with Crippen LogP contribution in [0.2, 0.25) is 0 Å². The van der Waals surface area contributed by atoms with Gasteiger partial charge in [-0.3, -0.25) is 4.79 Å². The average molecular weight is 488 g/mol. The maximum Gasteiger partial charge on any atom is 0.306 e. The number of carbonyl (C=O) groups excluding carboxylic acids is 1. The van der Waals surface area contributed by atoms with Crippen LogP contribution in [0.1, 0.15) is 33.6 Å². The van der Waals surface area contributed by atoms with Gasteiger partial charge < -0.3 is 4.74 Å². The molecule has 0 aromatic carbocycles. The van der Waals surface area contributed by atoms with E-state index in [-0.39, 0.29) is 18.4 Å². The molecule has 1 unspecified atom stereocenters. The van der Waals surface area contributed by atoms with Gasteiger partial charge in [-0.2, -0.15) is 0 Å². The van der Waals surface area contributed by atoms with Crippen molar-refractivity contribution < 1.29 is 9.53 Å². The van der Waals surface area contributed by atoms with Crippen LogP contribution in [0.25, 0.3) is 0 Å². The monoisotopic (exact) mass is 484 g/mol. The van der Waals surface area contributed by atoms with E-state index in [0.29, 0.717) is 13.0 Å². The van der Waals surface area contributed by atoms with Crippen LogP contribution < -0.4 is 0 Å². The largest absolute Gasteiger partial charge is 0.466 e. The van der Waals surface area contributed by atoms with Gasteiger partial charge in [0, 0.05) is 4.83 Å². The SMILES string of the molecule is CCOC(=O)CC(C)(C)C(Br)CC(Br)(Br)Br. The van der Waals surface area contributed by atoms with Crippen molar-refractivity contribution in [2.75, 3.05) is 6.61 Å². The van der Waals surface area contributed by atoms with Crippen molar-refractivity contribution in [3.8, 4) is 0 Å². The molecule has 0 bridgehead atoms. The van der Waals surface area contributed by atoms with Crippen molar-refractivity contribution in [2.45, 2.75) is 40.6 Å². The third kappa shape index (κ3) is 7.67. The summed E-state index contributed by atoms with van der Waals surface area (Å²) in [5.41, 5.74) is -0.160. The average Bonchev–Trinajstić information content (AvgIpc) is 1.99. The lowest BCUT2D eigenvalue weighted by atomic mass is 9.84. The van der Waals surface area contributed by atoms with Crippen molar-refractivity contribution in [1.29, 1.82) is 0 Å². The van der Waals surface area contributed by atoms with E-state index < -0.39 is 0 Å². The third-order valence-electron chi connectivity index (χ3n) is 2.16. The fourth-order valence-electron chi connectivity index (χ4n) is 1.17. The molecule has 0 aliphatic rings. The molecule has 0 N–H and O–H groups in total. The molecule has 0 amide bonds. The fraction of sp³-hybridized carbons (Fsp3) is 0.900. The highest BCUT2D eigenvalue weighted by molar-refractivity contribution is 9.39. The van der Waals surface area contributed by atoms with Gasteiger partial charge in [0.2, 0.25) is 0 Å². The second-order valence-electron chi connectivity index (χ2n) is 4.26. The van der Waals surface area contributed by atoms with Gasteiger partial charge in [0.05, 0.1) is 13.0 Å². The summed E-state index contributed by atoms with van der Waals surface area (Å²) in [5, 5.41) is 0. The summed E-state index contributed by atoms with van der Waals surface area (Å²) in [6.45, 7) is 6.34. The summed E-state index contributed by atoms with van der Waals surface area (Å²) in [6.07, 6.45) is 1.19. The zero-order chi connectivity index (χ0) is 13.0. The van der Waals surface area contributed by atoms with E-state index >= 15 is 0 Å². The second kappa shape index (κ2) is 7.10. The normalized spacial score (nSPS) is 14.7. The maximum absolute atomic E-state index is 11.5. The fourth-order valence-corrected chi connectivity index (χ4v) is 4.10. The van der Waals surface area contributed by atoms with Gasteiger partial charge in [-0.1, -0.05) is 77.6 Å². The van der Waals surface area contributed by atoms with E-state index in [1.54, 1.807) is 0 Å². The molecule has 0 radical (unpaired) electrons. The summed E-state index contributed by atoms with van der Waals surface area (Å²) < 4.78 is 4.66. The van der Waals surface area contributed by atoms with Gasteiger partial charge in [0.15, 0.2) is 0 Å². The number of alkyl halides is 4. The van der Waals surface area contributed by atoms with Gasteiger partial charge >= 0.3 is 5.97 Å². The van der Waals surface area contributed by atoms with E-state index in [2.05, 4.69) is 63.7 Å². The Bertz CT molecular complexity index is 235. The number of halogens is 4. The molecule has 0 rings (SSSR count). The highest BCUT2D eigenvalue weighted by Crippen LogP contribution is 2.45. The van der Waals surface area contributed by atoms with Gasteiger partial charge in [0.1, 0.15) is 2.14 Å². The first-order valence-corrected chi connectivity index (χ1v) is 8.24. The van der Waals surface area contributed by atoms with Crippen molar-refractivity contribution in [3.05, 3.63) is 0 Å². The van der Waals surface area contributed by atoms with Gasteiger partial charge in [-0.25, -0.2) is 0 Å². The molecule has 16 heavy (non-hydrogen) atoms. The van der Waals surface area contributed by atoms with E-state index in [9.17, 15) is 4.79 Å². The number of rotatable bonds is 5. The molecule has 0 aliphatic carbocycles. The topological polar surface area (TPSA) is 26.3 Å².